The zero-order chi connectivity index (χ0) is 15.5. The van der Waals surface area contributed by atoms with Gasteiger partial charge in [-0.3, -0.25) is 4.72 Å². The van der Waals surface area contributed by atoms with Crippen molar-refractivity contribution >= 4 is 43.0 Å². The number of anilines is 1. The van der Waals surface area contributed by atoms with Gasteiger partial charge in [-0.15, -0.1) is 11.3 Å². The maximum Gasteiger partial charge on any atom is 0.263 e. The molecule has 0 bridgehead atoms. The summed E-state index contributed by atoms with van der Waals surface area (Å²) in [5.74, 6) is 0. The van der Waals surface area contributed by atoms with E-state index in [2.05, 4.69) is 32.9 Å². The van der Waals surface area contributed by atoms with Gasteiger partial charge in [-0.25, -0.2) is 8.42 Å². The summed E-state index contributed by atoms with van der Waals surface area (Å²) < 4.78 is 28.1. The van der Waals surface area contributed by atoms with Crippen LogP contribution in [0.25, 0.3) is 0 Å². The molecule has 2 N–H and O–H groups in total. The lowest BCUT2D eigenvalue weighted by molar-refractivity contribution is 0.601. The molecule has 1 aromatic carbocycles. The van der Waals surface area contributed by atoms with E-state index in [1.807, 2.05) is 19.2 Å². The van der Waals surface area contributed by atoms with Crippen LogP contribution in [0.15, 0.2) is 39.0 Å². The van der Waals surface area contributed by atoms with E-state index in [0.717, 1.165) is 11.3 Å². The first kappa shape index (κ1) is 16.5. The summed E-state index contributed by atoms with van der Waals surface area (Å²) >= 11 is 4.75. The summed E-state index contributed by atoms with van der Waals surface area (Å²) in [6.07, 6.45) is 0.927. The Kier molecular flexibility index (Phi) is 5.43. The van der Waals surface area contributed by atoms with E-state index in [9.17, 15) is 8.42 Å². The number of thiophene rings is 1. The molecule has 7 heteroatoms. The Morgan fingerprint density at radius 3 is 2.48 bits per heavy atom. The number of aryl methyl sites for hydroxylation is 1. The molecule has 0 fully saturated rings. The summed E-state index contributed by atoms with van der Waals surface area (Å²) in [5, 5.41) is 3.01. The Morgan fingerprint density at radius 2 is 1.90 bits per heavy atom. The number of benzene rings is 1. The standard InChI is InChI=1S/C14H17BrN2O2S2/c1-3-10-4-6-11(7-5-10)17-21(18,19)13-8-12(9-16-2)20-14(13)15/h4-8,16-17H,3,9H2,1-2H3. The predicted octanol–water partition coefficient (Wildman–Crippen LogP) is 3.59. The van der Waals surface area contributed by atoms with Crippen LogP contribution in [0.3, 0.4) is 0 Å². The molecular weight excluding hydrogens is 372 g/mol. The van der Waals surface area contributed by atoms with Gasteiger partial charge in [0, 0.05) is 17.1 Å². The summed E-state index contributed by atoms with van der Waals surface area (Å²) in [7, 11) is -1.75. The fourth-order valence-electron chi connectivity index (χ4n) is 1.86. The van der Waals surface area contributed by atoms with Crippen molar-refractivity contribution in [1.29, 1.82) is 0 Å². The van der Waals surface area contributed by atoms with Crippen molar-refractivity contribution in [2.75, 3.05) is 11.8 Å². The largest absolute Gasteiger partial charge is 0.315 e. The van der Waals surface area contributed by atoms with Crippen LogP contribution in [-0.2, 0) is 23.0 Å². The molecular formula is C14H17BrN2O2S2. The van der Waals surface area contributed by atoms with Crippen molar-refractivity contribution in [2.24, 2.45) is 0 Å². The fourth-order valence-corrected chi connectivity index (χ4v) is 5.62. The van der Waals surface area contributed by atoms with Crippen molar-refractivity contribution in [3.8, 4) is 0 Å². The minimum atomic E-state index is -3.58. The van der Waals surface area contributed by atoms with E-state index in [-0.39, 0.29) is 4.90 Å². The smallest absolute Gasteiger partial charge is 0.263 e. The number of hydrogen-bond acceptors (Lipinski definition) is 4. The number of nitrogens with one attached hydrogen (secondary N) is 2. The molecule has 21 heavy (non-hydrogen) atoms. The van der Waals surface area contributed by atoms with Crippen LogP contribution >= 0.6 is 27.3 Å². The van der Waals surface area contributed by atoms with Crippen molar-refractivity contribution in [3.63, 3.8) is 0 Å². The number of hydrogen-bond donors (Lipinski definition) is 2. The van der Waals surface area contributed by atoms with E-state index in [1.165, 1.54) is 16.9 Å². The highest BCUT2D eigenvalue weighted by molar-refractivity contribution is 9.11. The maximum absolute atomic E-state index is 12.4. The lowest BCUT2D eigenvalue weighted by Crippen LogP contribution is -2.12. The number of rotatable bonds is 6. The van der Waals surface area contributed by atoms with Gasteiger partial charge in [0.1, 0.15) is 4.90 Å². The Hall–Kier alpha value is -0.890. The summed E-state index contributed by atoms with van der Waals surface area (Å²) in [6.45, 7) is 2.70. The minimum Gasteiger partial charge on any atom is -0.315 e. The van der Waals surface area contributed by atoms with E-state index in [4.69, 9.17) is 0 Å². The van der Waals surface area contributed by atoms with Crippen LogP contribution in [0.1, 0.15) is 17.4 Å². The third-order valence-corrected chi connectivity index (χ3v) is 6.59. The van der Waals surface area contributed by atoms with Gasteiger partial charge in [0.15, 0.2) is 0 Å². The first-order valence-electron chi connectivity index (χ1n) is 6.51. The van der Waals surface area contributed by atoms with Gasteiger partial charge in [0.25, 0.3) is 10.0 Å². The number of halogens is 1. The zero-order valence-electron chi connectivity index (χ0n) is 11.8. The highest BCUT2D eigenvalue weighted by atomic mass is 79.9. The molecule has 114 valence electrons. The number of sulfonamides is 1. The van der Waals surface area contributed by atoms with E-state index in [0.29, 0.717) is 16.0 Å². The van der Waals surface area contributed by atoms with Crippen LogP contribution in [0.4, 0.5) is 5.69 Å². The lowest BCUT2D eigenvalue weighted by atomic mass is 10.2. The lowest BCUT2D eigenvalue weighted by Gasteiger charge is -2.07. The van der Waals surface area contributed by atoms with Crippen molar-refractivity contribution < 1.29 is 8.42 Å². The zero-order valence-corrected chi connectivity index (χ0v) is 15.0. The Morgan fingerprint density at radius 1 is 1.24 bits per heavy atom. The molecule has 0 saturated heterocycles. The monoisotopic (exact) mass is 388 g/mol. The van der Waals surface area contributed by atoms with Crippen molar-refractivity contribution in [1.82, 2.24) is 5.32 Å². The molecule has 0 unspecified atom stereocenters. The van der Waals surface area contributed by atoms with Crippen LogP contribution in [0.2, 0.25) is 0 Å². The second-order valence-electron chi connectivity index (χ2n) is 4.54. The third kappa shape index (κ3) is 4.06. The van der Waals surface area contributed by atoms with Crippen molar-refractivity contribution in [3.05, 3.63) is 44.6 Å². The molecule has 0 spiro atoms. The molecule has 0 amide bonds. The summed E-state index contributed by atoms with van der Waals surface area (Å²) in [6, 6.07) is 9.10. The van der Waals surface area contributed by atoms with Crippen LogP contribution in [-0.4, -0.2) is 15.5 Å². The van der Waals surface area contributed by atoms with Gasteiger partial charge in [-0.2, -0.15) is 0 Å². The van der Waals surface area contributed by atoms with Crippen LogP contribution in [0.5, 0.6) is 0 Å². The quantitative estimate of drug-likeness (QED) is 0.794. The first-order valence-corrected chi connectivity index (χ1v) is 9.60. The van der Waals surface area contributed by atoms with Crippen LogP contribution in [0, 0.1) is 0 Å². The Balaban J connectivity index is 2.24. The maximum atomic E-state index is 12.4. The minimum absolute atomic E-state index is 0.275. The fraction of sp³-hybridized carbons (Fsp3) is 0.286. The van der Waals surface area contributed by atoms with Gasteiger partial charge in [0.05, 0.1) is 3.79 Å². The molecule has 0 radical (unpaired) electrons. The summed E-state index contributed by atoms with van der Waals surface area (Å²) in [4.78, 5) is 1.24. The second kappa shape index (κ2) is 6.91. The average molecular weight is 389 g/mol. The van der Waals surface area contributed by atoms with Crippen LogP contribution < -0.4 is 10.0 Å². The molecule has 0 saturated carbocycles. The van der Waals surface area contributed by atoms with E-state index >= 15 is 0 Å². The predicted molar refractivity (Wildman–Crippen MR) is 91.4 cm³/mol. The van der Waals surface area contributed by atoms with E-state index in [1.54, 1.807) is 18.2 Å². The van der Waals surface area contributed by atoms with E-state index < -0.39 is 10.0 Å². The molecule has 0 aliphatic rings. The molecule has 4 nitrogen and oxygen atoms in total. The Labute approximate surface area is 137 Å². The topological polar surface area (TPSA) is 58.2 Å². The molecule has 1 heterocycles. The van der Waals surface area contributed by atoms with Gasteiger partial charge in [-0.1, -0.05) is 19.1 Å². The highest BCUT2D eigenvalue weighted by Gasteiger charge is 2.20. The molecule has 2 rings (SSSR count). The third-order valence-electron chi connectivity index (χ3n) is 2.96. The van der Waals surface area contributed by atoms with Gasteiger partial charge >= 0.3 is 0 Å². The van der Waals surface area contributed by atoms with Gasteiger partial charge in [0.2, 0.25) is 0 Å². The molecule has 0 aliphatic carbocycles. The second-order valence-corrected chi connectivity index (χ2v) is 8.64. The first-order chi connectivity index (χ1) is 9.96. The molecule has 0 atom stereocenters. The SMILES string of the molecule is CCc1ccc(NS(=O)(=O)c2cc(CNC)sc2Br)cc1. The highest BCUT2D eigenvalue weighted by Crippen LogP contribution is 2.32. The van der Waals surface area contributed by atoms with Gasteiger partial charge in [-0.05, 0) is 53.2 Å². The van der Waals surface area contributed by atoms with Gasteiger partial charge < -0.3 is 5.32 Å². The summed E-state index contributed by atoms with van der Waals surface area (Å²) in [5.41, 5.74) is 1.74. The van der Waals surface area contributed by atoms with Crippen molar-refractivity contribution in [2.45, 2.75) is 24.8 Å². The molecule has 0 aliphatic heterocycles. The molecule has 2 aromatic rings. The molecule has 1 aromatic heterocycles. The normalized spacial score (nSPS) is 11.6. The average Bonchev–Trinajstić information content (AvgIpc) is 2.81. The Bertz CT molecular complexity index is 709.